The number of carbonyl (C=O) groups is 1. The molecule has 100 valence electrons. The lowest BCUT2D eigenvalue weighted by Crippen LogP contribution is -2.68. The number of halogens is 3. The van der Waals surface area contributed by atoms with E-state index in [1.807, 2.05) is 0 Å². The Kier molecular flexibility index (Phi) is 3.73. The second kappa shape index (κ2) is 4.45. The molecule has 1 unspecified atom stereocenters. The summed E-state index contributed by atoms with van der Waals surface area (Å²) in [4.78, 5) is 14.5. The molecule has 0 bridgehead atoms. The molecule has 1 atom stereocenters. The summed E-state index contributed by atoms with van der Waals surface area (Å²) in [6, 6.07) is -1.77. The third-order valence-electron chi connectivity index (χ3n) is 3.24. The number of amides is 1. The van der Waals surface area contributed by atoms with Crippen molar-refractivity contribution in [3.05, 3.63) is 0 Å². The molecule has 1 aliphatic rings. The molecule has 0 aliphatic carbocycles. The topological polar surface area (TPSA) is 49.6 Å². The SMILES string of the molecule is CN1CCN(C(CN)C(F)(F)F)C(C)(C)C1=O. The number of nitrogens with two attached hydrogens (primary N) is 1. The van der Waals surface area contributed by atoms with Crippen molar-refractivity contribution in [3.8, 4) is 0 Å². The molecule has 17 heavy (non-hydrogen) atoms. The third kappa shape index (κ3) is 2.55. The van der Waals surface area contributed by atoms with E-state index in [1.54, 1.807) is 7.05 Å². The highest BCUT2D eigenvalue weighted by Crippen LogP contribution is 2.31. The van der Waals surface area contributed by atoms with Gasteiger partial charge in [0.05, 0.1) is 5.54 Å². The number of alkyl halides is 3. The van der Waals surface area contributed by atoms with Crippen molar-refractivity contribution in [2.24, 2.45) is 5.73 Å². The minimum atomic E-state index is -4.41. The lowest BCUT2D eigenvalue weighted by Gasteiger charge is -2.48. The van der Waals surface area contributed by atoms with Gasteiger partial charge in [-0.05, 0) is 13.8 Å². The summed E-state index contributed by atoms with van der Waals surface area (Å²) < 4.78 is 38.5. The van der Waals surface area contributed by atoms with Crippen molar-refractivity contribution in [3.63, 3.8) is 0 Å². The summed E-state index contributed by atoms with van der Waals surface area (Å²) >= 11 is 0. The lowest BCUT2D eigenvalue weighted by atomic mass is 9.95. The second-order valence-electron chi connectivity index (χ2n) is 4.77. The molecule has 7 heteroatoms. The van der Waals surface area contributed by atoms with Crippen molar-refractivity contribution in [1.29, 1.82) is 0 Å². The van der Waals surface area contributed by atoms with Gasteiger partial charge in [-0.15, -0.1) is 0 Å². The van der Waals surface area contributed by atoms with E-state index < -0.39 is 24.3 Å². The fraction of sp³-hybridized carbons (Fsp3) is 0.900. The Morgan fingerprint density at radius 1 is 1.41 bits per heavy atom. The maximum absolute atomic E-state index is 12.8. The van der Waals surface area contributed by atoms with Crippen molar-refractivity contribution in [1.82, 2.24) is 9.80 Å². The number of nitrogens with zero attached hydrogens (tertiary/aromatic N) is 2. The minimum absolute atomic E-state index is 0.177. The summed E-state index contributed by atoms with van der Waals surface area (Å²) in [5.41, 5.74) is 4.03. The number of carbonyl (C=O) groups excluding carboxylic acids is 1. The zero-order valence-electron chi connectivity index (χ0n) is 10.2. The molecular weight excluding hydrogens is 235 g/mol. The standard InChI is InChI=1S/C10H18F3N3O/c1-9(2)8(17)15(3)4-5-16(9)7(6-14)10(11,12)13/h7H,4-6,14H2,1-3H3. The van der Waals surface area contributed by atoms with Gasteiger partial charge in [0.25, 0.3) is 0 Å². The van der Waals surface area contributed by atoms with Crippen LogP contribution in [0.5, 0.6) is 0 Å². The molecule has 0 aromatic heterocycles. The number of hydrogen-bond donors (Lipinski definition) is 1. The summed E-state index contributed by atoms with van der Waals surface area (Å²) in [5, 5.41) is 0. The van der Waals surface area contributed by atoms with Crippen LogP contribution in [0.2, 0.25) is 0 Å². The highest BCUT2D eigenvalue weighted by molar-refractivity contribution is 5.86. The monoisotopic (exact) mass is 253 g/mol. The molecule has 1 heterocycles. The van der Waals surface area contributed by atoms with E-state index in [0.717, 1.165) is 4.90 Å². The van der Waals surface area contributed by atoms with Crippen LogP contribution in [0.15, 0.2) is 0 Å². The van der Waals surface area contributed by atoms with E-state index in [2.05, 4.69) is 0 Å². The smallest absolute Gasteiger partial charge is 0.343 e. The van der Waals surface area contributed by atoms with E-state index >= 15 is 0 Å². The molecule has 0 aromatic rings. The zero-order chi connectivity index (χ0) is 13.4. The molecule has 0 aromatic carbocycles. The van der Waals surface area contributed by atoms with Crippen LogP contribution in [0.25, 0.3) is 0 Å². The maximum atomic E-state index is 12.8. The van der Waals surface area contributed by atoms with E-state index in [-0.39, 0.29) is 19.0 Å². The predicted molar refractivity (Wildman–Crippen MR) is 57.3 cm³/mol. The maximum Gasteiger partial charge on any atom is 0.405 e. The van der Waals surface area contributed by atoms with E-state index in [9.17, 15) is 18.0 Å². The van der Waals surface area contributed by atoms with Gasteiger partial charge < -0.3 is 10.6 Å². The summed E-state index contributed by atoms with van der Waals surface area (Å²) in [6.45, 7) is 2.92. The van der Waals surface area contributed by atoms with Crippen LogP contribution in [0, 0.1) is 0 Å². The Morgan fingerprint density at radius 2 is 1.94 bits per heavy atom. The van der Waals surface area contributed by atoms with E-state index in [1.165, 1.54) is 18.7 Å². The van der Waals surface area contributed by atoms with Gasteiger partial charge in [-0.3, -0.25) is 9.69 Å². The molecule has 4 nitrogen and oxygen atoms in total. The second-order valence-corrected chi connectivity index (χ2v) is 4.77. The first-order valence-electron chi connectivity index (χ1n) is 5.41. The quantitative estimate of drug-likeness (QED) is 0.776. The number of hydrogen-bond acceptors (Lipinski definition) is 3. The van der Waals surface area contributed by atoms with Gasteiger partial charge in [-0.1, -0.05) is 0 Å². The van der Waals surface area contributed by atoms with Gasteiger partial charge in [-0.25, -0.2) is 0 Å². The number of rotatable bonds is 2. The largest absolute Gasteiger partial charge is 0.405 e. The van der Waals surface area contributed by atoms with Crippen LogP contribution in [0.1, 0.15) is 13.8 Å². The minimum Gasteiger partial charge on any atom is -0.343 e. The summed E-state index contributed by atoms with van der Waals surface area (Å²) in [7, 11) is 1.59. The zero-order valence-corrected chi connectivity index (χ0v) is 10.2. The Morgan fingerprint density at radius 3 is 2.35 bits per heavy atom. The molecular formula is C10H18F3N3O. The number of piperazine rings is 1. The molecule has 1 amide bonds. The van der Waals surface area contributed by atoms with Crippen molar-refractivity contribution in [2.75, 3.05) is 26.7 Å². The van der Waals surface area contributed by atoms with Crippen molar-refractivity contribution >= 4 is 5.91 Å². The van der Waals surface area contributed by atoms with Crippen LogP contribution >= 0.6 is 0 Å². The van der Waals surface area contributed by atoms with E-state index in [0.29, 0.717) is 0 Å². The molecule has 1 saturated heterocycles. The first kappa shape index (κ1) is 14.2. The van der Waals surface area contributed by atoms with Crippen LogP contribution in [0.3, 0.4) is 0 Å². The Hall–Kier alpha value is -0.820. The van der Waals surface area contributed by atoms with Crippen molar-refractivity contribution < 1.29 is 18.0 Å². The Balaban J connectivity index is 3.01. The summed E-state index contributed by atoms with van der Waals surface area (Å²) in [6.07, 6.45) is -4.41. The average molecular weight is 253 g/mol. The van der Waals surface area contributed by atoms with Crippen LogP contribution in [-0.2, 0) is 4.79 Å². The molecule has 0 spiro atoms. The van der Waals surface area contributed by atoms with Crippen LogP contribution in [-0.4, -0.2) is 60.1 Å². The van der Waals surface area contributed by atoms with E-state index in [4.69, 9.17) is 5.73 Å². The van der Waals surface area contributed by atoms with Gasteiger partial charge in [-0.2, -0.15) is 13.2 Å². The molecule has 2 N–H and O–H groups in total. The first-order valence-corrected chi connectivity index (χ1v) is 5.41. The Bertz CT molecular complexity index is 304. The highest BCUT2D eigenvalue weighted by Gasteiger charge is 2.51. The van der Waals surface area contributed by atoms with Gasteiger partial charge in [0.2, 0.25) is 5.91 Å². The van der Waals surface area contributed by atoms with Gasteiger partial charge in [0.15, 0.2) is 0 Å². The molecule has 1 aliphatic heterocycles. The predicted octanol–water partition coefficient (Wildman–Crippen LogP) is 0.429. The molecule has 0 radical (unpaired) electrons. The summed E-state index contributed by atoms with van der Waals surface area (Å²) in [5.74, 6) is -0.313. The van der Waals surface area contributed by atoms with Gasteiger partial charge >= 0.3 is 6.18 Å². The fourth-order valence-corrected chi connectivity index (χ4v) is 2.21. The van der Waals surface area contributed by atoms with Gasteiger partial charge in [0.1, 0.15) is 6.04 Å². The van der Waals surface area contributed by atoms with Gasteiger partial charge in [0, 0.05) is 26.7 Å². The van der Waals surface area contributed by atoms with Crippen LogP contribution < -0.4 is 5.73 Å². The number of likely N-dealkylation sites (N-methyl/N-ethyl adjacent to an activating group) is 1. The third-order valence-corrected chi connectivity index (χ3v) is 3.24. The average Bonchev–Trinajstić information content (AvgIpc) is 2.18. The molecule has 0 saturated carbocycles. The molecule has 1 rings (SSSR count). The Labute approximate surface area is 98.5 Å². The fourth-order valence-electron chi connectivity index (χ4n) is 2.21. The first-order chi connectivity index (χ1) is 7.62. The lowest BCUT2D eigenvalue weighted by molar-refractivity contribution is -0.202. The van der Waals surface area contributed by atoms with Crippen molar-refractivity contribution in [2.45, 2.75) is 31.6 Å². The van der Waals surface area contributed by atoms with Crippen LogP contribution in [0.4, 0.5) is 13.2 Å². The normalized spacial score (nSPS) is 23.9. The highest BCUT2D eigenvalue weighted by atomic mass is 19.4. The molecule has 1 fully saturated rings.